The summed E-state index contributed by atoms with van der Waals surface area (Å²) >= 11 is -4.21. The Morgan fingerprint density at radius 1 is 1.00 bits per heavy atom. The van der Waals surface area contributed by atoms with Crippen LogP contribution in [0.5, 0.6) is 0 Å². The van der Waals surface area contributed by atoms with Gasteiger partial charge in [-0.05, 0) is 0 Å². The number of hydrogen-bond acceptors (Lipinski definition) is 3. The summed E-state index contributed by atoms with van der Waals surface area (Å²) in [5, 5.41) is 0. The molecule has 0 radical (unpaired) electrons. The summed E-state index contributed by atoms with van der Waals surface area (Å²) < 4.78 is 25.8. The first kappa shape index (κ1) is 9.11. The zero-order chi connectivity index (χ0) is 3.58. The van der Waals surface area contributed by atoms with Crippen LogP contribution < -0.4 is 0 Å². The van der Waals surface area contributed by atoms with E-state index in [1.165, 1.54) is 0 Å². The van der Waals surface area contributed by atoms with Crippen molar-refractivity contribution in [3.63, 3.8) is 0 Å². The van der Waals surface area contributed by atoms with Gasteiger partial charge in [0.05, 0.1) is 0 Å². The molecular formula is HBrO3Re. The molecular weight excluding hydrogens is 314 g/mol. The monoisotopic (exact) mass is 315 g/mol. The molecule has 0 aromatic carbocycles. The van der Waals surface area contributed by atoms with E-state index in [4.69, 9.17) is 10.4 Å². The molecule has 0 atom stereocenters. The van der Waals surface area contributed by atoms with Gasteiger partial charge < -0.3 is 0 Å². The average Bonchev–Trinajstić information content (AvgIpc) is 0.811. The molecule has 0 spiro atoms. The zero-order valence-electron chi connectivity index (χ0n) is 2.01. The van der Waals surface area contributed by atoms with E-state index in [1.807, 2.05) is 0 Å². The maximum atomic E-state index is 8.60. The van der Waals surface area contributed by atoms with Gasteiger partial charge >= 0.3 is 27.0 Å². The van der Waals surface area contributed by atoms with Gasteiger partial charge in [0, 0.05) is 0 Å². The van der Waals surface area contributed by atoms with Crippen molar-refractivity contribution >= 4 is 17.0 Å². The number of rotatable bonds is 0. The SMILES string of the molecule is Br.[O]=[Re](=[O])=[O]. The van der Waals surface area contributed by atoms with Crippen LogP contribution in [0.3, 0.4) is 0 Å². The van der Waals surface area contributed by atoms with Crippen LogP contribution in [0.25, 0.3) is 0 Å². The van der Waals surface area contributed by atoms with Gasteiger partial charge in [-0.3, -0.25) is 0 Å². The Labute approximate surface area is 44.3 Å². The van der Waals surface area contributed by atoms with E-state index in [2.05, 4.69) is 0 Å². The van der Waals surface area contributed by atoms with E-state index in [0.717, 1.165) is 0 Å². The van der Waals surface area contributed by atoms with Crippen molar-refractivity contribution < 1.29 is 27.0 Å². The van der Waals surface area contributed by atoms with Crippen molar-refractivity contribution in [2.24, 2.45) is 0 Å². The molecule has 5 heteroatoms. The van der Waals surface area contributed by atoms with Gasteiger partial charge in [0.2, 0.25) is 0 Å². The summed E-state index contributed by atoms with van der Waals surface area (Å²) in [6.45, 7) is 0. The van der Waals surface area contributed by atoms with E-state index in [0.29, 0.717) is 0 Å². The van der Waals surface area contributed by atoms with Gasteiger partial charge in [0.15, 0.2) is 0 Å². The molecule has 0 aliphatic carbocycles. The first-order chi connectivity index (χ1) is 1.73. The van der Waals surface area contributed by atoms with Crippen LogP contribution in [0.4, 0.5) is 0 Å². The molecule has 0 bridgehead atoms. The molecule has 0 heterocycles. The molecule has 0 unspecified atom stereocenters. The van der Waals surface area contributed by atoms with E-state index in [9.17, 15) is 0 Å². The summed E-state index contributed by atoms with van der Waals surface area (Å²) in [5.41, 5.74) is 0. The van der Waals surface area contributed by atoms with Crippen molar-refractivity contribution in [1.82, 2.24) is 0 Å². The van der Waals surface area contributed by atoms with Crippen LogP contribution in [0.1, 0.15) is 0 Å². The van der Waals surface area contributed by atoms with E-state index in [-0.39, 0.29) is 17.0 Å². The molecule has 0 aromatic heterocycles. The second-order valence-corrected chi connectivity index (χ2v) is 1.55. The normalized spacial score (nSPS) is 4.80. The van der Waals surface area contributed by atoms with Crippen LogP contribution >= 0.6 is 17.0 Å². The van der Waals surface area contributed by atoms with Crippen LogP contribution in [-0.4, -0.2) is 0 Å². The average molecular weight is 315 g/mol. The first-order valence-corrected chi connectivity index (χ1v) is 3.79. The van der Waals surface area contributed by atoms with Gasteiger partial charge in [-0.25, -0.2) is 0 Å². The summed E-state index contributed by atoms with van der Waals surface area (Å²) in [4.78, 5) is 0. The van der Waals surface area contributed by atoms with Crippen LogP contribution in [0.15, 0.2) is 0 Å². The summed E-state index contributed by atoms with van der Waals surface area (Å²) in [5.74, 6) is 0. The fraction of sp³-hybridized carbons (Fsp3) is 0. The van der Waals surface area contributed by atoms with E-state index >= 15 is 0 Å². The first-order valence-electron chi connectivity index (χ1n) is 0.463. The fourth-order valence-corrected chi connectivity index (χ4v) is 0. The Bertz CT molecular complexity index is 76.3. The molecule has 0 aromatic rings. The molecule has 3 nitrogen and oxygen atoms in total. The standard InChI is InChI=1S/BrH.3O.Re/h1H;;;;. The predicted molar refractivity (Wildman–Crippen MR) is 12.4 cm³/mol. The van der Waals surface area contributed by atoms with Crippen molar-refractivity contribution in [2.75, 3.05) is 0 Å². The van der Waals surface area contributed by atoms with Crippen molar-refractivity contribution in [3.8, 4) is 0 Å². The van der Waals surface area contributed by atoms with Gasteiger partial charge in [-0.15, -0.1) is 17.0 Å². The zero-order valence-corrected chi connectivity index (χ0v) is 6.44. The Morgan fingerprint density at radius 3 is 1.00 bits per heavy atom. The maximum absolute atomic E-state index is 8.60. The molecule has 0 aliphatic rings. The Hall–Kier alpha value is 0.542. The third kappa shape index (κ3) is 99.8. The second kappa shape index (κ2) is 4.54. The minimum absolute atomic E-state index is 0. The fourth-order valence-electron chi connectivity index (χ4n) is 0. The molecule has 0 saturated carbocycles. The Morgan fingerprint density at radius 2 is 1.00 bits per heavy atom. The third-order valence-electron chi connectivity index (χ3n) is 0. The molecule has 0 amide bonds. The van der Waals surface area contributed by atoms with Crippen molar-refractivity contribution in [2.45, 2.75) is 0 Å². The number of halogens is 1. The number of hydrogen-bond donors (Lipinski definition) is 0. The van der Waals surface area contributed by atoms with Crippen molar-refractivity contribution in [1.29, 1.82) is 0 Å². The molecule has 33 valence electrons. The van der Waals surface area contributed by atoms with Gasteiger partial charge in [-0.2, -0.15) is 0 Å². The summed E-state index contributed by atoms with van der Waals surface area (Å²) in [6.07, 6.45) is 0. The summed E-state index contributed by atoms with van der Waals surface area (Å²) in [7, 11) is 0. The topological polar surface area (TPSA) is 51.2 Å². The summed E-state index contributed by atoms with van der Waals surface area (Å²) in [6, 6.07) is 0. The van der Waals surface area contributed by atoms with Gasteiger partial charge in [0.1, 0.15) is 0 Å². The Kier molecular flexibility index (Phi) is 8.28. The minimum atomic E-state index is -4.21. The van der Waals surface area contributed by atoms with Crippen molar-refractivity contribution in [3.05, 3.63) is 0 Å². The van der Waals surface area contributed by atoms with Gasteiger partial charge in [0.25, 0.3) is 0 Å². The molecule has 5 heavy (non-hydrogen) atoms. The quantitative estimate of drug-likeness (QED) is 0.643. The molecule has 0 saturated heterocycles. The van der Waals surface area contributed by atoms with Crippen LogP contribution in [-0.2, 0) is 27.0 Å². The van der Waals surface area contributed by atoms with Crippen LogP contribution in [0, 0.1) is 0 Å². The van der Waals surface area contributed by atoms with Gasteiger partial charge in [-0.1, -0.05) is 0 Å². The van der Waals surface area contributed by atoms with E-state index in [1.54, 1.807) is 0 Å². The van der Waals surface area contributed by atoms with E-state index < -0.39 is 16.6 Å². The Balaban J connectivity index is 0. The molecule has 0 N–H and O–H groups in total. The predicted octanol–water partition coefficient (Wildman–Crippen LogP) is 0.219. The molecule has 0 fully saturated rings. The van der Waals surface area contributed by atoms with Crippen LogP contribution in [0.2, 0.25) is 0 Å². The molecule has 0 aliphatic heterocycles. The second-order valence-electron chi connectivity index (χ2n) is 0.189. The third-order valence-corrected chi connectivity index (χ3v) is 0. The molecule has 0 rings (SSSR count).